The quantitative estimate of drug-likeness (QED) is 0.715. The molecule has 0 saturated carbocycles. The summed E-state index contributed by atoms with van der Waals surface area (Å²) >= 11 is 0. The van der Waals surface area contributed by atoms with Crippen LogP contribution in [0.4, 0.5) is 11.6 Å². The van der Waals surface area contributed by atoms with Crippen molar-refractivity contribution in [1.82, 2.24) is 15.0 Å². The normalized spacial score (nSPS) is 14.9. The molecular weight excluding hydrogens is 336 g/mol. The highest BCUT2D eigenvalue weighted by atomic mass is 15.2. The Morgan fingerprint density at radius 2 is 1.93 bits per heavy atom. The van der Waals surface area contributed by atoms with Gasteiger partial charge in [-0.15, -0.1) is 0 Å². The number of hydrogen-bond donors (Lipinski definition) is 0. The molecule has 0 N–H and O–H groups in total. The minimum atomic E-state index is 0.418. The smallest absolute Gasteiger partial charge is 0.147 e. The first kappa shape index (κ1) is 17.2. The Hall–Kier alpha value is -3.20. The van der Waals surface area contributed by atoms with Gasteiger partial charge in [0.2, 0.25) is 0 Å². The van der Waals surface area contributed by atoms with Crippen molar-refractivity contribution >= 4 is 22.5 Å². The Morgan fingerprint density at radius 1 is 1.15 bits per heavy atom. The first-order valence-corrected chi connectivity index (χ1v) is 9.22. The van der Waals surface area contributed by atoms with Gasteiger partial charge in [0.1, 0.15) is 24.0 Å². The van der Waals surface area contributed by atoms with Crippen molar-refractivity contribution < 1.29 is 0 Å². The summed E-state index contributed by atoms with van der Waals surface area (Å²) in [7, 11) is 2.09. The number of aryl methyl sites for hydroxylation is 1. The average molecular weight is 358 g/mol. The van der Waals surface area contributed by atoms with Gasteiger partial charge in [0, 0.05) is 43.3 Å². The van der Waals surface area contributed by atoms with Crippen LogP contribution in [0.15, 0.2) is 42.7 Å². The second-order valence-electron chi connectivity index (χ2n) is 7.01. The minimum absolute atomic E-state index is 0.418. The van der Waals surface area contributed by atoms with E-state index in [1.165, 1.54) is 0 Å². The molecule has 1 aliphatic rings. The van der Waals surface area contributed by atoms with Crippen LogP contribution in [0, 0.1) is 18.3 Å². The molecule has 136 valence electrons. The highest BCUT2D eigenvalue weighted by Crippen LogP contribution is 2.27. The van der Waals surface area contributed by atoms with Crippen molar-refractivity contribution in [2.75, 3.05) is 29.9 Å². The lowest BCUT2D eigenvalue weighted by Crippen LogP contribution is -2.44. The number of nitriles is 1. The Labute approximate surface area is 159 Å². The van der Waals surface area contributed by atoms with Crippen molar-refractivity contribution in [2.24, 2.45) is 0 Å². The number of para-hydroxylation sites is 1. The van der Waals surface area contributed by atoms with Crippen LogP contribution in [-0.4, -0.2) is 41.1 Å². The molecule has 0 aliphatic carbocycles. The van der Waals surface area contributed by atoms with E-state index in [0.29, 0.717) is 11.6 Å². The van der Waals surface area contributed by atoms with Gasteiger partial charge in [-0.3, -0.25) is 0 Å². The molecule has 3 heterocycles. The molecule has 1 fully saturated rings. The van der Waals surface area contributed by atoms with Crippen LogP contribution in [0.1, 0.15) is 24.1 Å². The number of nitrogens with zero attached hydrogens (tertiary/aromatic N) is 6. The molecule has 0 amide bonds. The molecule has 0 atom stereocenters. The van der Waals surface area contributed by atoms with E-state index >= 15 is 0 Å². The SMILES string of the molecule is Cc1cc(N(C)C2CCN(c3nc4ccccc4cc3C#N)CC2)ncn1. The Bertz CT molecular complexity index is 1000. The number of fused-ring (bicyclic) bond motifs is 1. The Morgan fingerprint density at radius 3 is 2.67 bits per heavy atom. The van der Waals surface area contributed by atoms with Gasteiger partial charge in [0.05, 0.1) is 11.1 Å². The molecule has 0 unspecified atom stereocenters. The van der Waals surface area contributed by atoms with Crippen LogP contribution in [0.5, 0.6) is 0 Å². The first-order valence-electron chi connectivity index (χ1n) is 9.22. The highest BCUT2D eigenvalue weighted by Gasteiger charge is 2.25. The number of benzene rings is 1. The van der Waals surface area contributed by atoms with E-state index in [1.807, 2.05) is 43.3 Å². The number of piperidine rings is 1. The van der Waals surface area contributed by atoms with E-state index in [-0.39, 0.29) is 0 Å². The fraction of sp³-hybridized carbons (Fsp3) is 0.333. The zero-order valence-corrected chi connectivity index (χ0v) is 15.6. The summed E-state index contributed by atoms with van der Waals surface area (Å²) in [6.07, 6.45) is 3.62. The predicted octanol–water partition coefficient (Wildman–Crippen LogP) is 3.31. The number of rotatable bonds is 3. The maximum Gasteiger partial charge on any atom is 0.147 e. The number of hydrogen-bond acceptors (Lipinski definition) is 6. The summed E-state index contributed by atoms with van der Waals surface area (Å²) in [5.74, 6) is 1.76. The maximum absolute atomic E-state index is 9.58. The van der Waals surface area contributed by atoms with Crippen molar-refractivity contribution in [3.63, 3.8) is 0 Å². The molecule has 0 spiro atoms. The molecule has 0 bridgehead atoms. The predicted molar refractivity (Wildman–Crippen MR) is 107 cm³/mol. The molecule has 0 radical (unpaired) electrons. The van der Waals surface area contributed by atoms with Crippen LogP contribution in [-0.2, 0) is 0 Å². The largest absolute Gasteiger partial charge is 0.356 e. The third-order valence-electron chi connectivity index (χ3n) is 5.29. The van der Waals surface area contributed by atoms with E-state index < -0.39 is 0 Å². The average Bonchev–Trinajstić information content (AvgIpc) is 2.72. The Kier molecular flexibility index (Phi) is 4.59. The second kappa shape index (κ2) is 7.20. The van der Waals surface area contributed by atoms with Crippen LogP contribution in [0.2, 0.25) is 0 Å². The zero-order valence-electron chi connectivity index (χ0n) is 15.6. The first-order chi connectivity index (χ1) is 13.2. The zero-order chi connectivity index (χ0) is 18.8. The molecule has 1 aliphatic heterocycles. The van der Waals surface area contributed by atoms with Gasteiger partial charge in [0.25, 0.3) is 0 Å². The van der Waals surface area contributed by atoms with E-state index in [0.717, 1.165) is 54.2 Å². The van der Waals surface area contributed by atoms with E-state index in [2.05, 4.69) is 32.9 Å². The molecule has 1 saturated heterocycles. The van der Waals surface area contributed by atoms with Gasteiger partial charge in [0.15, 0.2) is 0 Å². The minimum Gasteiger partial charge on any atom is -0.356 e. The molecule has 6 heteroatoms. The van der Waals surface area contributed by atoms with Gasteiger partial charge in [-0.05, 0) is 31.9 Å². The fourth-order valence-corrected chi connectivity index (χ4v) is 3.71. The summed E-state index contributed by atoms with van der Waals surface area (Å²) < 4.78 is 0. The van der Waals surface area contributed by atoms with E-state index in [1.54, 1.807) is 6.33 Å². The van der Waals surface area contributed by atoms with E-state index in [9.17, 15) is 5.26 Å². The van der Waals surface area contributed by atoms with Crippen molar-refractivity contribution in [2.45, 2.75) is 25.8 Å². The van der Waals surface area contributed by atoms with Gasteiger partial charge in [-0.2, -0.15) is 5.26 Å². The Balaban J connectivity index is 1.52. The second-order valence-corrected chi connectivity index (χ2v) is 7.01. The molecule has 1 aromatic carbocycles. The fourth-order valence-electron chi connectivity index (χ4n) is 3.71. The highest BCUT2D eigenvalue weighted by molar-refractivity contribution is 5.83. The summed E-state index contributed by atoms with van der Waals surface area (Å²) in [5.41, 5.74) is 2.55. The van der Waals surface area contributed by atoms with Crippen molar-refractivity contribution in [3.05, 3.63) is 54.0 Å². The van der Waals surface area contributed by atoms with Gasteiger partial charge >= 0.3 is 0 Å². The lowest BCUT2D eigenvalue weighted by molar-refractivity contribution is 0.478. The van der Waals surface area contributed by atoms with Gasteiger partial charge in [-0.1, -0.05) is 18.2 Å². The third-order valence-corrected chi connectivity index (χ3v) is 5.29. The summed E-state index contributed by atoms with van der Waals surface area (Å²) in [6, 6.07) is 14.7. The lowest BCUT2D eigenvalue weighted by Gasteiger charge is -2.38. The molecule has 4 rings (SSSR count). The number of anilines is 2. The standard InChI is InChI=1S/C21H22N6/c1-15-11-20(24-14-23-15)26(2)18-7-9-27(10-8-18)21-17(13-22)12-16-5-3-4-6-19(16)25-21/h3-6,11-12,14,18H,7-10H2,1-2H3. The van der Waals surface area contributed by atoms with Gasteiger partial charge < -0.3 is 9.80 Å². The topological polar surface area (TPSA) is 68.9 Å². The summed E-state index contributed by atoms with van der Waals surface area (Å²) in [5, 5.41) is 10.6. The van der Waals surface area contributed by atoms with Crippen LogP contribution >= 0.6 is 0 Å². The molecule has 3 aromatic rings. The van der Waals surface area contributed by atoms with Crippen molar-refractivity contribution in [1.29, 1.82) is 5.26 Å². The summed E-state index contributed by atoms with van der Waals surface area (Å²) in [4.78, 5) is 17.8. The molecule has 6 nitrogen and oxygen atoms in total. The van der Waals surface area contributed by atoms with Gasteiger partial charge in [-0.25, -0.2) is 15.0 Å². The number of aromatic nitrogens is 3. The lowest BCUT2D eigenvalue weighted by atomic mass is 10.0. The monoisotopic (exact) mass is 358 g/mol. The third kappa shape index (κ3) is 3.41. The van der Waals surface area contributed by atoms with Crippen LogP contribution < -0.4 is 9.80 Å². The summed E-state index contributed by atoms with van der Waals surface area (Å²) in [6.45, 7) is 3.73. The molecule has 27 heavy (non-hydrogen) atoms. The number of pyridine rings is 1. The maximum atomic E-state index is 9.58. The molecular formula is C21H22N6. The molecule has 2 aromatic heterocycles. The van der Waals surface area contributed by atoms with E-state index in [4.69, 9.17) is 4.98 Å². The van der Waals surface area contributed by atoms with Crippen molar-refractivity contribution in [3.8, 4) is 6.07 Å². The van der Waals surface area contributed by atoms with Crippen LogP contribution in [0.25, 0.3) is 10.9 Å². The van der Waals surface area contributed by atoms with Crippen LogP contribution in [0.3, 0.4) is 0 Å².